The van der Waals surface area contributed by atoms with Crippen LogP contribution in [-0.2, 0) is 22.6 Å². The molecule has 0 saturated carbocycles. The Morgan fingerprint density at radius 3 is 2.73 bits per heavy atom. The second-order valence-electron chi connectivity index (χ2n) is 6.43. The molecule has 8 nitrogen and oxygen atoms in total. The highest BCUT2D eigenvalue weighted by atomic mass is 32.2. The molecule has 2 aromatic heterocycles. The maximum atomic E-state index is 12.2. The molecular formula is C17H25N5O3S. The lowest BCUT2D eigenvalue weighted by Gasteiger charge is -2.14. The van der Waals surface area contributed by atoms with E-state index in [4.69, 9.17) is 10.2 Å². The van der Waals surface area contributed by atoms with Crippen LogP contribution in [0.25, 0.3) is 0 Å². The van der Waals surface area contributed by atoms with E-state index >= 15 is 0 Å². The van der Waals surface area contributed by atoms with Crippen molar-refractivity contribution in [3.05, 3.63) is 30.0 Å². The van der Waals surface area contributed by atoms with Crippen LogP contribution >= 0.6 is 11.8 Å². The number of carbonyl (C=O) groups excluding carboxylic acids is 2. The number of carbonyl (C=O) groups is 2. The summed E-state index contributed by atoms with van der Waals surface area (Å²) in [5, 5.41) is 11.6. The van der Waals surface area contributed by atoms with Gasteiger partial charge in [-0.3, -0.25) is 14.2 Å². The first-order valence-corrected chi connectivity index (χ1v) is 9.42. The van der Waals surface area contributed by atoms with Gasteiger partial charge in [-0.05, 0) is 25.0 Å². The highest BCUT2D eigenvalue weighted by Gasteiger charge is 2.21. The Bertz CT molecular complexity index is 727. The van der Waals surface area contributed by atoms with Crippen LogP contribution in [0, 0.1) is 5.92 Å². The van der Waals surface area contributed by atoms with Gasteiger partial charge in [0.25, 0.3) is 0 Å². The summed E-state index contributed by atoms with van der Waals surface area (Å²) in [5.41, 5.74) is 5.24. The molecule has 0 bridgehead atoms. The highest BCUT2D eigenvalue weighted by Crippen LogP contribution is 2.24. The molecule has 1 unspecified atom stereocenters. The van der Waals surface area contributed by atoms with Gasteiger partial charge in [0.15, 0.2) is 5.16 Å². The van der Waals surface area contributed by atoms with Gasteiger partial charge in [0.2, 0.25) is 11.8 Å². The highest BCUT2D eigenvalue weighted by molar-refractivity contribution is 8.00. The van der Waals surface area contributed by atoms with Crippen molar-refractivity contribution in [2.24, 2.45) is 11.7 Å². The Morgan fingerprint density at radius 2 is 2.12 bits per heavy atom. The number of hydrogen-bond acceptors (Lipinski definition) is 6. The van der Waals surface area contributed by atoms with Crippen molar-refractivity contribution in [1.82, 2.24) is 20.1 Å². The van der Waals surface area contributed by atoms with Crippen LogP contribution in [0.5, 0.6) is 0 Å². The fraction of sp³-hybridized carbons (Fsp3) is 0.529. The van der Waals surface area contributed by atoms with E-state index in [2.05, 4.69) is 15.5 Å². The first-order chi connectivity index (χ1) is 12.4. The van der Waals surface area contributed by atoms with Gasteiger partial charge in [-0.25, -0.2) is 0 Å². The van der Waals surface area contributed by atoms with Crippen LogP contribution in [-0.4, -0.2) is 38.4 Å². The van der Waals surface area contributed by atoms with Gasteiger partial charge >= 0.3 is 0 Å². The lowest BCUT2D eigenvalue weighted by molar-refractivity contribution is -0.120. The van der Waals surface area contributed by atoms with Crippen LogP contribution in [0.1, 0.15) is 38.8 Å². The van der Waals surface area contributed by atoms with Crippen LogP contribution in [0.2, 0.25) is 0 Å². The number of thioether (sulfide) groups is 1. The number of nitrogens with one attached hydrogen (secondary N) is 1. The molecule has 0 aromatic carbocycles. The Hall–Kier alpha value is -2.29. The van der Waals surface area contributed by atoms with Crippen molar-refractivity contribution >= 4 is 23.6 Å². The number of nitrogens with zero attached hydrogens (tertiary/aromatic N) is 3. The fourth-order valence-electron chi connectivity index (χ4n) is 2.20. The smallest absolute Gasteiger partial charge is 0.233 e. The minimum atomic E-state index is -0.395. The lowest BCUT2D eigenvalue weighted by atomic mass is 10.2. The third-order valence-corrected chi connectivity index (χ3v) is 4.70. The normalized spacial score (nSPS) is 12.3. The van der Waals surface area contributed by atoms with Gasteiger partial charge in [-0.1, -0.05) is 25.6 Å². The zero-order valence-electron chi connectivity index (χ0n) is 15.3. The Morgan fingerprint density at radius 1 is 1.35 bits per heavy atom. The zero-order chi connectivity index (χ0) is 19.1. The molecular weight excluding hydrogens is 354 g/mol. The molecule has 2 heterocycles. The summed E-state index contributed by atoms with van der Waals surface area (Å²) in [7, 11) is 0. The number of rotatable bonds is 10. The Kier molecular flexibility index (Phi) is 7.26. The average Bonchev–Trinajstić information content (AvgIpc) is 3.22. The third kappa shape index (κ3) is 5.91. The van der Waals surface area contributed by atoms with E-state index in [9.17, 15) is 9.59 Å². The van der Waals surface area contributed by atoms with Crippen LogP contribution in [0.4, 0.5) is 0 Å². The van der Waals surface area contributed by atoms with Crippen molar-refractivity contribution in [3.8, 4) is 0 Å². The van der Waals surface area contributed by atoms with Crippen LogP contribution < -0.4 is 11.1 Å². The summed E-state index contributed by atoms with van der Waals surface area (Å²) in [4.78, 5) is 23.3. The lowest BCUT2D eigenvalue weighted by Crippen LogP contribution is -2.33. The topological polar surface area (TPSA) is 116 Å². The molecule has 0 aliphatic rings. The first-order valence-electron chi connectivity index (χ1n) is 8.54. The number of aromatic nitrogens is 3. The molecule has 0 aliphatic carbocycles. The molecule has 0 radical (unpaired) electrons. The minimum Gasteiger partial charge on any atom is -0.467 e. The molecule has 2 rings (SSSR count). The van der Waals surface area contributed by atoms with E-state index in [0.717, 1.165) is 5.76 Å². The summed E-state index contributed by atoms with van der Waals surface area (Å²) >= 11 is 1.33. The SMILES string of the molecule is CC(C)CNC(=O)C(C)Sc1nnc(CCC(N)=O)n1Cc1ccco1. The van der Waals surface area contributed by atoms with E-state index in [1.807, 2.05) is 31.4 Å². The molecule has 26 heavy (non-hydrogen) atoms. The van der Waals surface area contributed by atoms with Crippen molar-refractivity contribution in [2.45, 2.75) is 50.6 Å². The predicted molar refractivity (Wildman–Crippen MR) is 98.5 cm³/mol. The van der Waals surface area contributed by atoms with Crippen LogP contribution in [0.15, 0.2) is 28.0 Å². The summed E-state index contributed by atoms with van der Waals surface area (Å²) in [6, 6.07) is 3.66. The van der Waals surface area contributed by atoms with Gasteiger partial charge in [0.05, 0.1) is 18.1 Å². The molecule has 0 saturated heterocycles. The summed E-state index contributed by atoms with van der Waals surface area (Å²) < 4.78 is 7.26. The fourth-order valence-corrected chi connectivity index (χ4v) is 3.10. The quantitative estimate of drug-likeness (QED) is 0.606. The number of primary amides is 1. The summed E-state index contributed by atoms with van der Waals surface area (Å²) in [5.74, 6) is 1.32. The van der Waals surface area contributed by atoms with Crippen molar-refractivity contribution in [1.29, 1.82) is 0 Å². The van der Waals surface area contributed by atoms with Crippen molar-refractivity contribution in [2.75, 3.05) is 6.54 Å². The maximum Gasteiger partial charge on any atom is 0.233 e. The number of amides is 2. The summed E-state index contributed by atoms with van der Waals surface area (Å²) in [6.45, 7) is 6.98. The molecule has 0 fully saturated rings. The van der Waals surface area contributed by atoms with Gasteiger partial charge in [-0.2, -0.15) is 0 Å². The average molecular weight is 379 g/mol. The number of nitrogens with two attached hydrogens (primary N) is 1. The van der Waals surface area contributed by atoms with Gasteiger partial charge in [0.1, 0.15) is 11.6 Å². The van der Waals surface area contributed by atoms with E-state index in [-0.39, 0.29) is 17.6 Å². The molecule has 142 valence electrons. The molecule has 0 aliphatic heterocycles. The molecule has 0 spiro atoms. The standard InChI is InChI=1S/C17H25N5O3S/c1-11(2)9-19-16(24)12(3)26-17-21-20-15(7-6-14(18)23)22(17)10-13-5-4-8-25-13/h4-5,8,11-12H,6-7,9-10H2,1-3H3,(H2,18,23)(H,19,24). The van der Waals surface area contributed by atoms with E-state index in [0.29, 0.717) is 36.4 Å². The maximum absolute atomic E-state index is 12.2. The van der Waals surface area contributed by atoms with Crippen molar-refractivity contribution < 1.29 is 14.0 Å². The largest absolute Gasteiger partial charge is 0.467 e. The van der Waals surface area contributed by atoms with Crippen LogP contribution in [0.3, 0.4) is 0 Å². The third-order valence-electron chi connectivity index (χ3n) is 3.62. The van der Waals surface area contributed by atoms with E-state index < -0.39 is 5.91 Å². The monoisotopic (exact) mass is 379 g/mol. The van der Waals surface area contributed by atoms with E-state index in [1.54, 1.807) is 12.3 Å². The van der Waals surface area contributed by atoms with Crippen molar-refractivity contribution in [3.63, 3.8) is 0 Å². The Balaban J connectivity index is 2.13. The van der Waals surface area contributed by atoms with Gasteiger partial charge < -0.3 is 15.5 Å². The minimum absolute atomic E-state index is 0.0464. The van der Waals surface area contributed by atoms with Gasteiger partial charge in [0, 0.05) is 19.4 Å². The Labute approximate surface area is 156 Å². The summed E-state index contributed by atoms with van der Waals surface area (Å²) in [6.07, 6.45) is 2.17. The van der Waals surface area contributed by atoms with E-state index in [1.165, 1.54) is 11.8 Å². The second kappa shape index (κ2) is 9.42. The molecule has 2 aromatic rings. The number of aryl methyl sites for hydroxylation is 1. The molecule has 3 N–H and O–H groups in total. The first kappa shape index (κ1) is 20.0. The molecule has 9 heteroatoms. The molecule has 2 amide bonds. The van der Waals surface area contributed by atoms with Gasteiger partial charge in [-0.15, -0.1) is 10.2 Å². The number of furan rings is 1. The number of hydrogen-bond donors (Lipinski definition) is 2. The molecule has 1 atom stereocenters. The zero-order valence-corrected chi connectivity index (χ0v) is 16.1. The second-order valence-corrected chi connectivity index (χ2v) is 7.74. The predicted octanol–water partition coefficient (Wildman–Crippen LogP) is 1.59.